The molecule has 0 saturated heterocycles. The van der Waals surface area contributed by atoms with Gasteiger partial charge in [0, 0.05) is 11.6 Å². The van der Waals surface area contributed by atoms with Gasteiger partial charge in [0.1, 0.15) is 12.5 Å². The summed E-state index contributed by atoms with van der Waals surface area (Å²) in [5.41, 5.74) is 8.48. The second-order valence-corrected chi connectivity index (χ2v) is 14.3. The van der Waals surface area contributed by atoms with E-state index in [1.54, 1.807) is 11.8 Å². The third-order valence-corrected chi connectivity index (χ3v) is 9.44. The van der Waals surface area contributed by atoms with Crippen LogP contribution in [0, 0.1) is 0 Å². The fraction of sp³-hybridized carbons (Fsp3) is 0.278. The van der Waals surface area contributed by atoms with E-state index < -0.39 is 8.07 Å². The number of imidazole rings is 1. The normalized spacial score (nSPS) is 17.0. The molecule has 0 unspecified atom stereocenters. The zero-order valence-corrected chi connectivity index (χ0v) is 18.0. The van der Waals surface area contributed by atoms with E-state index in [9.17, 15) is 0 Å². The third-order valence-electron chi connectivity index (χ3n) is 4.46. The van der Waals surface area contributed by atoms with Gasteiger partial charge in [0.15, 0.2) is 22.1 Å². The number of thioether (sulfide) groups is 1. The van der Waals surface area contributed by atoms with Crippen LogP contribution in [0.25, 0.3) is 11.2 Å². The number of nitrogen functional groups attached to an aromatic ring is 1. The molecule has 3 aromatic rings. The average molecular weight is 417 g/mol. The van der Waals surface area contributed by atoms with Gasteiger partial charge in [-0.25, -0.2) is 15.0 Å². The highest BCUT2D eigenvalue weighted by atomic mass is 35.5. The van der Waals surface area contributed by atoms with Crippen molar-refractivity contribution in [2.45, 2.75) is 37.5 Å². The molecule has 4 rings (SSSR count). The molecule has 0 radical (unpaired) electrons. The predicted octanol–water partition coefficient (Wildman–Crippen LogP) is 4.22. The summed E-state index contributed by atoms with van der Waals surface area (Å²) in [6.45, 7) is 7.65. The van der Waals surface area contributed by atoms with Crippen molar-refractivity contribution in [1.82, 2.24) is 24.8 Å². The van der Waals surface area contributed by atoms with E-state index in [0.717, 1.165) is 21.4 Å². The minimum atomic E-state index is -1.51. The van der Waals surface area contributed by atoms with Crippen molar-refractivity contribution in [3.05, 3.63) is 51.8 Å². The van der Waals surface area contributed by atoms with Gasteiger partial charge in [-0.15, -0.1) is 0 Å². The first-order valence-electron chi connectivity index (χ1n) is 8.70. The van der Waals surface area contributed by atoms with Gasteiger partial charge in [-0.1, -0.05) is 61.2 Å². The first-order chi connectivity index (χ1) is 12.8. The Morgan fingerprint density at radius 2 is 2.04 bits per heavy atom. The lowest BCUT2D eigenvalue weighted by Crippen LogP contribution is -2.32. The number of anilines is 1. The second-order valence-electron chi connectivity index (χ2n) is 7.50. The molecule has 2 aromatic heterocycles. The molecular formula is C18H21ClN6SSi. The number of hydrogen-bond donors (Lipinski definition) is 2. The predicted molar refractivity (Wildman–Crippen MR) is 114 cm³/mol. The van der Waals surface area contributed by atoms with Crippen LogP contribution in [-0.4, -0.2) is 27.6 Å². The Bertz CT molecular complexity index is 1040. The van der Waals surface area contributed by atoms with Crippen LogP contribution >= 0.6 is 23.4 Å². The number of benzene rings is 1. The molecule has 0 aliphatic carbocycles. The van der Waals surface area contributed by atoms with Crippen molar-refractivity contribution < 1.29 is 0 Å². The smallest absolute Gasteiger partial charge is 0.176 e. The molecule has 1 aliphatic rings. The van der Waals surface area contributed by atoms with Crippen LogP contribution in [0.2, 0.25) is 24.7 Å². The molecule has 9 heteroatoms. The highest BCUT2D eigenvalue weighted by Gasteiger charge is 2.31. The van der Waals surface area contributed by atoms with Gasteiger partial charge in [-0.2, -0.15) is 0 Å². The average Bonchev–Trinajstić information content (AvgIpc) is 3.00. The van der Waals surface area contributed by atoms with Gasteiger partial charge in [0.2, 0.25) is 0 Å². The van der Waals surface area contributed by atoms with Gasteiger partial charge < -0.3 is 5.73 Å². The number of nitrogens with zero attached hydrogens (tertiary/aromatic N) is 4. The molecule has 140 valence electrons. The molecule has 3 heterocycles. The number of rotatable bonds is 4. The van der Waals surface area contributed by atoms with Crippen molar-refractivity contribution in [1.29, 1.82) is 0 Å². The van der Waals surface area contributed by atoms with Crippen LogP contribution in [0.4, 0.5) is 5.82 Å². The summed E-state index contributed by atoms with van der Waals surface area (Å²) in [7, 11) is -1.51. The topological polar surface area (TPSA) is 81.7 Å². The van der Waals surface area contributed by atoms with Crippen molar-refractivity contribution >= 4 is 48.4 Å². The fourth-order valence-electron chi connectivity index (χ4n) is 2.99. The molecule has 6 nitrogen and oxygen atoms in total. The Labute approximate surface area is 168 Å². The summed E-state index contributed by atoms with van der Waals surface area (Å²) < 4.78 is 3.48. The highest BCUT2D eigenvalue weighted by molar-refractivity contribution is 8.05. The maximum absolute atomic E-state index is 6.33. The summed E-state index contributed by atoms with van der Waals surface area (Å²) in [5.74, 6) is 0.405. The van der Waals surface area contributed by atoms with E-state index in [2.05, 4.69) is 45.6 Å². The number of aromatic nitrogens is 4. The van der Waals surface area contributed by atoms with Crippen LogP contribution < -0.4 is 11.1 Å². The van der Waals surface area contributed by atoms with Crippen LogP contribution in [0.15, 0.2) is 46.4 Å². The van der Waals surface area contributed by atoms with E-state index in [1.165, 1.54) is 10.9 Å². The van der Waals surface area contributed by atoms with Gasteiger partial charge >= 0.3 is 0 Å². The summed E-state index contributed by atoms with van der Waals surface area (Å²) >= 11 is 8.04. The molecule has 0 saturated carbocycles. The summed E-state index contributed by atoms with van der Waals surface area (Å²) in [5, 5.41) is 5.26. The largest absolute Gasteiger partial charge is 0.382 e. The molecule has 3 N–H and O–H groups in total. The van der Waals surface area contributed by atoms with Crippen molar-refractivity contribution in [2.75, 3.05) is 5.73 Å². The standard InChI is InChI=1S/C18H21ClN6SSi/c1-27(2,3)14-8-13(21-9-11-6-4-5-7-12(11)19)25-17-15(24-18(25)26-14)16(20)22-10-23-17/h4-8,10,13,21H,9H2,1-3H3,(H2,20,22,23)/t13-/m0/s1. The number of nitrogens with two attached hydrogens (primary N) is 1. The lowest BCUT2D eigenvalue weighted by molar-refractivity contribution is 0.457. The van der Waals surface area contributed by atoms with Gasteiger partial charge in [-0.05, 0) is 22.2 Å². The molecule has 0 bridgehead atoms. The van der Waals surface area contributed by atoms with Gasteiger partial charge in [-0.3, -0.25) is 9.88 Å². The molecular weight excluding hydrogens is 396 g/mol. The van der Waals surface area contributed by atoms with E-state index in [4.69, 9.17) is 22.3 Å². The number of halogens is 1. The van der Waals surface area contributed by atoms with Crippen molar-refractivity contribution in [3.63, 3.8) is 0 Å². The first-order valence-corrected chi connectivity index (χ1v) is 13.4. The Hall–Kier alpha value is -1.87. The molecule has 1 atom stereocenters. The number of nitrogens with one attached hydrogen (secondary N) is 1. The lowest BCUT2D eigenvalue weighted by Gasteiger charge is -2.29. The van der Waals surface area contributed by atoms with E-state index in [-0.39, 0.29) is 6.17 Å². The lowest BCUT2D eigenvalue weighted by atomic mass is 10.2. The van der Waals surface area contributed by atoms with E-state index in [0.29, 0.717) is 17.9 Å². The van der Waals surface area contributed by atoms with E-state index >= 15 is 0 Å². The molecule has 1 aliphatic heterocycles. The quantitative estimate of drug-likeness (QED) is 0.619. The van der Waals surface area contributed by atoms with E-state index in [1.807, 2.05) is 24.3 Å². The molecule has 0 amide bonds. The van der Waals surface area contributed by atoms with Crippen molar-refractivity contribution in [3.8, 4) is 0 Å². The third kappa shape index (κ3) is 3.50. The minimum absolute atomic E-state index is 0.0708. The molecule has 27 heavy (non-hydrogen) atoms. The first kappa shape index (κ1) is 18.5. The van der Waals surface area contributed by atoms with Crippen LogP contribution in [0.1, 0.15) is 11.7 Å². The van der Waals surface area contributed by atoms with Gasteiger partial charge in [0.05, 0.1) is 8.07 Å². The van der Waals surface area contributed by atoms with Crippen LogP contribution in [0.3, 0.4) is 0 Å². The Morgan fingerprint density at radius 3 is 2.78 bits per heavy atom. The molecule has 1 aromatic carbocycles. The number of hydrogen-bond acceptors (Lipinski definition) is 6. The Morgan fingerprint density at radius 1 is 1.26 bits per heavy atom. The SMILES string of the molecule is C[Si](C)(C)C1=C[C@@H](NCc2ccccc2Cl)n2c(nc3c(N)ncnc32)S1. The zero-order chi connectivity index (χ0) is 19.2. The minimum Gasteiger partial charge on any atom is -0.382 e. The van der Waals surface area contributed by atoms with Gasteiger partial charge in [0.25, 0.3) is 0 Å². The summed E-state index contributed by atoms with van der Waals surface area (Å²) in [6, 6.07) is 7.87. The maximum Gasteiger partial charge on any atom is 0.176 e. The summed E-state index contributed by atoms with van der Waals surface area (Å²) in [4.78, 5) is 13.3. The fourth-order valence-corrected chi connectivity index (χ4v) is 6.18. The zero-order valence-electron chi connectivity index (χ0n) is 15.4. The van der Waals surface area contributed by atoms with Crippen LogP contribution in [0.5, 0.6) is 0 Å². The Balaban J connectivity index is 1.76. The van der Waals surface area contributed by atoms with Crippen molar-refractivity contribution in [2.24, 2.45) is 0 Å². The number of fused-ring (bicyclic) bond motifs is 3. The summed E-state index contributed by atoms with van der Waals surface area (Å²) in [6.07, 6.45) is 3.71. The molecule has 0 fully saturated rings. The second kappa shape index (κ2) is 6.94. The molecule has 0 spiro atoms. The Kier molecular flexibility index (Phi) is 4.75. The highest BCUT2D eigenvalue weighted by Crippen LogP contribution is 2.41. The van der Waals surface area contributed by atoms with Crippen LogP contribution in [-0.2, 0) is 6.54 Å². The maximum atomic E-state index is 6.33. The monoisotopic (exact) mass is 416 g/mol.